The van der Waals surface area contributed by atoms with Crippen LogP contribution in [-0.4, -0.2) is 142 Å². The number of carbonyl (C=O) groups excluding carboxylic acids is 4. The van der Waals surface area contributed by atoms with E-state index in [1.54, 1.807) is 46.6 Å². The fraction of sp³-hybridized carbons (Fsp3) is 0.442. The molecule has 1 unspecified atom stereocenters. The second-order valence-corrected chi connectivity index (χ2v) is 13.2. The Morgan fingerprint density at radius 3 is 1.78 bits per heavy atom. The summed E-state index contributed by atoms with van der Waals surface area (Å²) in [6.45, 7) is 4.62. The first-order chi connectivity index (χ1) is 29.3. The van der Waals surface area contributed by atoms with Crippen molar-refractivity contribution in [1.82, 2.24) is 10.2 Å². The average molecular weight is 836 g/mol. The number of carbonyl (C=O) groups is 4. The maximum Gasteiger partial charge on any atom is 0.264 e. The van der Waals surface area contributed by atoms with Gasteiger partial charge in [0.25, 0.3) is 11.8 Å². The molecule has 0 aromatic heterocycles. The minimum atomic E-state index is -1.02. The molecule has 0 aliphatic carbocycles. The Morgan fingerprint density at radius 2 is 1.20 bits per heavy atom. The zero-order valence-corrected chi connectivity index (χ0v) is 34.4. The van der Waals surface area contributed by atoms with Gasteiger partial charge in [-0.3, -0.25) is 29.4 Å². The molecule has 3 aromatic rings. The first kappa shape index (κ1) is 45.4. The van der Waals surface area contributed by atoms with Gasteiger partial charge in [-0.25, -0.2) is 0 Å². The summed E-state index contributed by atoms with van der Waals surface area (Å²) in [5.41, 5.74) is 2.68. The molecule has 5 rings (SSSR count). The van der Waals surface area contributed by atoms with Crippen molar-refractivity contribution < 1.29 is 66.5 Å². The summed E-state index contributed by atoms with van der Waals surface area (Å²) < 4.78 is 55.7. The summed E-state index contributed by atoms with van der Waals surface area (Å²) in [5, 5.41) is 5.34. The van der Waals surface area contributed by atoms with Crippen molar-refractivity contribution in [3.8, 4) is 28.7 Å². The molecule has 1 fully saturated rings. The molecular formula is C43H53N3O14. The molecule has 60 heavy (non-hydrogen) atoms. The van der Waals surface area contributed by atoms with Crippen LogP contribution in [0.2, 0.25) is 0 Å². The van der Waals surface area contributed by atoms with E-state index in [2.05, 4.69) is 10.6 Å². The predicted molar refractivity (Wildman–Crippen MR) is 219 cm³/mol. The maximum absolute atomic E-state index is 13.2. The van der Waals surface area contributed by atoms with Crippen LogP contribution >= 0.6 is 0 Å². The number of hydrogen-bond donors (Lipinski definition) is 2. The number of imide groups is 2. The number of anilines is 1. The SMILES string of the molecule is COc1ccc(C=Cc2cc(OC)c(OC)c(OC)c2)cc1OCCOCCOCCOCCOCCOCCNc1cccc2c1C(=O)N(C1CCC(=O)NC1=O)C2=O. The minimum Gasteiger partial charge on any atom is -0.493 e. The highest BCUT2D eigenvalue weighted by molar-refractivity contribution is 6.25. The Balaban J connectivity index is 0.857. The number of fused-ring (bicyclic) bond motifs is 1. The van der Waals surface area contributed by atoms with Crippen molar-refractivity contribution in [3.63, 3.8) is 0 Å². The third-order valence-corrected chi connectivity index (χ3v) is 9.35. The van der Waals surface area contributed by atoms with Crippen molar-refractivity contribution in [3.05, 3.63) is 70.8 Å². The molecule has 0 saturated carbocycles. The van der Waals surface area contributed by atoms with Crippen molar-refractivity contribution >= 4 is 41.5 Å². The van der Waals surface area contributed by atoms with E-state index in [0.29, 0.717) is 114 Å². The lowest BCUT2D eigenvalue weighted by Crippen LogP contribution is -2.54. The second-order valence-electron chi connectivity index (χ2n) is 13.2. The molecule has 4 amide bonds. The standard InChI is InChI=1S/C43H53N3O14/c1-51-34-12-10-29(8-9-30-27-36(52-2)40(54-4)37(28-30)53-3)26-35(34)60-25-24-59-23-22-58-21-20-57-19-18-56-17-16-55-15-14-44-32-7-5-6-31-39(32)43(50)46(42(31)49)33-11-13-38(47)45-41(33)48/h5-10,12,26-28,33,44H,11,13-25H2,1-4H3,(H,45,47,48). The van der Waals surface area contributed by atoms with Crippen LogP contribution in [0.4, 0.5) is 5.69 Å². The highest BCUT2D eigenvalue weighted by atomic mass is 16.6. The van der Waals surface area contributed by atoms with Crippen LogP contribution < -0.4 is 34.3 Å². The summed E-state index contributed by atoms with van der Waals surface area (Å²) in [7, 11) is 6.32. The molecule has 2 aliphatic rings. The van der Waals surface area contributed by atoms with E-state index in [-0.39, 0.29) is 24.0 Å². The second kappa shape index (κ2) is 23.8. The Bertz CT molecular complexity index is 1930. The Morgan fingerprint density at radius 1 is 0.633 bits per heavy atom. The highest BCUT2D eigenvalue weighted by Gasteiger charge is 2.45. The van der Waals surface area contributed by atoms with Crippen LogP contribution in [0, 0.1) is 0 Å². The van der Waals surface area contributed by atoms with Crippen molar-refractivity contribution in [1.29, 1.82) is 0 Å². The zero-order valence-electron chi connectivity index (χ0n) is 34.4. The molecular weight excluding hydrogens is 782 g/mol. The van der Waals surface area contributed by atoms with Crippen molar-refractivity contribution in [2.75, 3.05) is 113 Å². The van der Waals surface area contributed by atoms with Crippen molar-refractivity contribution in [2.45, 2.75) is 18.9 Å². The Kier molecular flexibility index (Phi) is 18.0. The van der Waals surface area contributed by atoms with Crippen LogP contribution in [0.3, 0.4) is 0 Å². The lowest BCUT2D eigenvalue weighted by atomic mass is 10.0. The lowest BCUT2D eigenvalue weighted by molar-refractivity contribution is -0.136. The first-order valence-electron chi connectivity index (χ1n) is 19.6. The first-order valence-corrected chi connectivity index (χ1v) is 19.6. The molecule has 2 heterocycles. The van der Waals surface area contributed by atoms with Gasteiger partial charge < -0.3 is 52.7 Å². The quantitative estimate of drug-likeness (QED) is 0.0640. The summed E-state index contributed by atoms with van der Waals surface area (Å²) in [6, 6.07) is 13.3. The van der Waals surface area contributed by atoms with Crippen LogP contribution in [0.5, 0.6) is 28.7 Å². The number of nitrogens with zero attached hydrogens (tertiary/aromatic N) is 1. The number of amides is 4. The fourth-order valence-corrected chi connectivity index (χ4v) is 6.41. The molecule has 2 aliphatic heterocycles. The van der Waals surface area contributed by atoms with Gasteiger partial charge in [0.1, 0.15) is 12.6 Å². The number of piperidine rings is 1. The predicted octanol–water partition coefficient (Wildman–Crippen LogP) is 3.87. The van der Waals surface area contributed by atoms with Crippen LogP contribution in [0.25, 0.3) is 12.2 Å². The zero-order chi connectivity index (χ0) is 42.7. The van der Waals surface area contributed by atoms with E-state index in [0.717, 1.165) is 16.0 Å². The van der Waals surface area contributed by atoms with E-state index < -0.39 is 29.7 Å². The van der Waals surface area contributed by atoms with Gasteiger partial charge in [-0.2, -0.15) is 0 Å². The largest absolute Gasteiger partial charge is 0.493 e. The number of ether oxygens (including phenoxy) is 10. The number of benzene rings is 3. The number of nitrogens with one attached hydrogen (secondary N) is 2. The molecule has 17 nitrogen and oxygen atoms in total. The average Bonchev–Trinajstić information content (AvgIpc) is 3.51. The van der Waals surface area contributed by atoms with Gasteiger partial charge in [-0.15, -0.1) is 0 Å². The molecule has 3 aromatic carbocycles. The van der Waals surface area contributed by atoms with E-state index in [1.807, 2.05) is 42.5 Å². The Labute approximate surface area is 349 Å². The van der Waals surface area contributed by atoms with Gasteiger partial charge in [0.15, 0.2) is 23.0 Å². The van der Waals surface area contributed by atoms with E-state index >= 15 is 0 Å². The molecule has 0 bridgehead atoms. The molecule has 1 saturated heterocycles. The van der Waals surface area contributed by atoms with Gasteiger partial charge in [0, 0.05) is 18.7 Å². The molecule has 17 heteroatoms. The van der Waals surface area contributed by atoms with Gasteiger partial charge in [0.05, 0.1) is 106 Å². The van der Waals surface area contributed by atoms with Crippen LogP contribution in [0.1, 0.15) is 44.7 Å². The van der Waals surface area contributed by atoms with E-state index in [1.165, 1.54) is 0 Å². The van der Waals surface area contributed by atoms with Crippen molar-refractivity contribution in [2.24, 2.45) is 0 Å². The van der Waals surface area contributed by atoms with Gasteiger partial charge >= 0.3 is 0 Å². The summed E-state index contributed by atoms with van der Waals surface area (Å²) in [5.74, 6) is 0.698. The summed E-state index contributed by atoms with van der Waals surface area (Å²) in [4.78, 5) is 51.0. The van der Waals surface area contributed by atoms with Gasteiger partial charge in [-0.1, -0.05) is 24.3 Å². The van der Waals surface area contributed by atoms with Gasteiger partial charge in [0.2, 0.25) is 17.6 Å². The highest BCUT2D eigenvalue weighted by Crippen LogP contribution is 2.39. The molecule has 2 N–H and O–H groups in total. The summed E-state index contributed by atoms with van der Waals surface area (Å²) in [6.07, 6.45) is 4.06. The number of hydrogen-bond acceptors (Lipinski definition) is 15. The molecule has 0 radical (unpaired) electrons. The lowest BCUT2D eigenvalue weighted by Gasteiger charge is -2.27. The third-order valence-electron chi connectivity index (χ3n) is 9.35. The smallest absolute Gasteiger partial charge is 0.264 e. The summed E-state index contributed by atoms with van der Waals surface area (Å²) >= 11 is 0. The Hall–Kier alpha value is -5.72. The van der Waals surface area contributed by atoms with E-state index in [4.69, 9.17) is 47.4 Å². The van der Waals surface area contributed by atoms with Crippen LogP contribution in [-0.2, 0) is 33.3 Å². The normalized spacial score (nSPS) is 15.0. The topological polar surface area (TPSA) is 188 Å². The van der Waals surface area contributed by atoms with Gasteiger partial charge in [-0.05, 0) is 53.9 Å². The molecule has 0 spiro atoms. The maximum atomic E-state index is 13.2. The fourth-order valence-electron chi connectivity index (χ4n) is 6.41. The molecule has 1 atom stereocenters. The van der Waals surface area contributed by atoms with Crippen LogP contribution in [0.15, 0.2) is 48.5 Å². The number of rotatable bonds is 27. The minimum absolute atomic E-state index is 0.0607. The molecule has 324 valence electrons. The van der Waals surface area contributed by atoms with E-state index in [9.17, 15) is 19.2 Å². The third kappa shape index (κ3) is 12.4. The monoisotopic (exact) mass is 835 g/mol. The number of methoxy groups -OCH3 is 4.